The predicted octanol–water partition coefficient (Wildman–Crippen LogP) is 2.01. The molecule has 2 amide bonds. The van der Waals surface area contributed by atoms with E-state index >= 15 is 0 Å². The average molecular weight is 290 g/mol. The van der Waals surface area contributed by atoms with Crippen molar-refractivity contribution in [1.82, 2.24) is 10.6 Å². The summed E-state index contributed by atoms with van der Waals surface area (Å²) >= 11 is 0. The van der Waals surface area contributed by atoms with E-state index in [1.54, 1.807) is 5.32 Å². The molecule has 0 heterocycles. The fraction of sp³-hybridized carbons (Fsp3) is 0.462. The van der Waals surface area contributed by atoms with Crippen LogP contribution < -0.4 is 10.6 Å². The monoisotopic (exact) mass is 290 g/mol. The van der Waals surface area contributed by atoms with Gasteiger partial charge in [-0.1, -0.05) is 30.3 Å². The van der Waals surface area contributed by atoms with Crippen molar-refractivity contribution in [2.24, 2.45) is 0 Å². The van der Waals surface area contributed by atoms with Crippen LogP contribution in [0.1, 0.15) is 17.9 Å². The molecule has 1 unspecified atom stereocenters. The van der Waals surface area contributed by atoms with Crippen molar-refractivity contribution in [2.75, 3.05) is 19.7 Å². The maximum Gasteiger partial charge on any atom is 0.405 e. The number of aliphatic hydroxyl groups excluding tert-OH is 1. The van der Waals surface area contributed by atoms with Crippen molar-refractivity contribution >= 4 is 6.03 Å². The maximum absolute atomic E-state index is 11.9. The lowest BCUT2D eigenvalue weighted by Gasteiger charge is -2.17. The highest BCUT2D eigenvalue weighted by Crippen LogP contribution is 2.18. The highest BCUT2D eigenvalue weighted by atomic mass is 19.4. The van der Waals surface area contributed by atoms with Crippen LogP contribution in [0.5, 0.6) is 0 Å². The number of amides is 2. The molecular weight excluding hydrogens is 273 g/mol. The van der Waals surface area contributed by atoms with Crippen molar-refractivity contribution in [1.29, 1.82) is 0 Å². The fourth-order valence-electron chi connectivity index (χ4n) is 1.73. The van der Waals surface area contributed by atoms with Gasteiger partial charge in [0.05, 0.1) is 0 Å². The fourth-order valence-corrected chi connectivity index (χ4v) is 1.73. The van der Waals surface area contributed by atoms with Gasteiger partial charge < -0.3 is 15.7 Å². The van der Waals surface area contributed by atoms with E-state index in [-0.39, 0.29) is 19.1 Å². The van der Waals surface area contributed by atoms with Gasteiger partial charge >= 0.3 is 12.2 Å². The molecule has 0 aliphatic heterocycles. The van der Waals surface area contributed by atoms with Gasteiger partial charge in [-0.15, -0.1) is 0 Å². The third-order valence-electron chi connectivity index (χ3n) is 2.71. The minimum atomic E-state index is -4.43. The van der Waals surface area contributed by atoms with Crippen LogP contribution in [0.4, 0.5) is 18.0 Å². The van der Waals surface area contributed by atoms with Gasteiger partial charge in [-0.25, -0.2) is 4.79 Å². The van der Waals surface area contributed by atoms with E-state index in [1.807, 2.05) is 30.3 Å². The number of alkyl halides is 3. The number of aliphatic hydroxyl groups is 1. The molecule has 1 rings (SSSR count). The number of carbonyl (C=O) groups excluding carboxylic acids is 1. The first-order chi connectivity index (χ1) is 9.42. The Labute approximate surface area is 115 Å². The van der Waals surface area contributed by atoms with Crippen LogP contribution in [0, 0.1) is 0 Å². The number of nitrogens with one attached hydrogen (secondary N) is 2. The first-order valence-corrected chi connectivity index (χ1v) is 6.16. The van der Waals surface area contributed by atoms with Crippen molar-refractivity contribution in [3.8, 4) is 0 Å². The molecule has 3 N–H and O–H groups in total. The molecule has 0 saturated heterocycles. The van der Waals surface area contributed by atoms with Gasteiger partial charge in [0.2, 0.25) is 0 Å². The molecule has 0 fully saturated rings. The van der Waals surface area contributed by atoms with E-state index in [2.05, 4.69) is 5.32 Å². The maximum atomic E-state index is 11.9. The number of halogens is 3. The van der Waals surface area contributed by atoms with Gasteiger partial charge in [-0.2, -0.15) is 13.2 Å². The summed E-state index contributed by atoms with van der Waals surface area (Å²) in [7, 11) is 0. The largest absolute Gasteiger partial charge is 0.405 e. The van der Waals surface area contributed by atoms with E-state index in [0.717, 1.165) is 5.56 Å². The van der Waals surface area contributed by atoms with Gasteiger partial charge in [0, 0.05) is 19.1 Å². The molecule has 4 nitrogen and oxygen atoms in total. The average Bonchev–Trinajstić information content (AvgIpc) is 2.41. The van der Waals surface area contributed by atoms with Crippen molar-refractivity contribution in [3.05, 3.63) is 35.9 Å². The van der Waals surface area contributed by atoms with Crippen molar-refractivity contribution in [3.63, 3.8) is 0 Å². The van der Waals surface area contributed by atoms with Gasteiger partial charge in [-0.3, -0.25) is 0 Å². The summed E-state index contributed by atoms with van der Waals surface area (Å²) in [4.78, 5) is 11.2. The second kappa shape index (κ2) is 7.74. The summed E-state index contributed by atoms with van der Waals surface area (Å²) in [5.74, 6) is -0.141. The molecule has 7 heteroatoms. The number of hydrogen-bond donors (Lipinski definition) is 3. The summed E-state index contributed by atoms with van der Waals surface area (Å²) in [6.07, 6.45) is -4.01. The Balaban J connectivity index is 2.45. The minimum absolute atomic E-state index is 0.0641. The Kier molecular flexibility index (Phi) is 6.30. The highest BCUT2D eigenvalue weighted by Gasteiger charge is 2.27. The molecule has 1 atom stereocenters. The number of carbonyl (C=O) groups is 1. The highest BCUT2D eigenvalue weighted by molar-refractivity contribution is 5.73. The first-order valence-electron chi connectivity index (χ1n) is 6.16. The Morgan fingerprint density at radius 1 is 1.20 bits per heavy atom. The normalized spacial score (nSPS) is 12.8. The summed E-state index contributed by atoms with van der Waals surface area (Å²) in [5, 5.41) is 13.1. The van der Waals surface area contributed by atoms with Crippen LogP contribution in [-0.2, 0) is 0 Å². The van der Waals surface area contributed by atoms with E-state index in [0.29, 0.717) is 6.42 Å². The smallest absolute Gasteiger partial charge is 0.396 e. The van der Waals surface area contributed by atoms with Crippen LogP contribution in [-0.4, -0.2) is 37.0 Å². The zero-order valence-corrected chi connectivity index (χ0v) is 10.8. The SMILES string of the molecule is O=C(NCC(CCO)c1ccccc1)NCC(F)(F)F. The number of rotatable bonds is 6. The summed E-state index contributed by atoms with van der Waals surface area (Å²) in [6.45, 7) is -1.27. The molecule has 0 aliphatic carbocycles. The van der Waals surface area contributed by atoms with Crippen LogP contribution in [0.2, 0.25) is 0 Å². The van der Waals surface area contributed by atoms with E-state index in [9.17, 15) is 18.0 Å². The molecule has 1 aromatic rings. The van der Waals surface area contributed by atoms with Crippen molar-refractivity contribution in [2.45, 2.75) is 18.5 Å². The van der Waals surface area contributed by atoms with Gasteiger partial charge in [-0.05, 0) is 12.0 Å². The molecule has 0 aromatic heterocycles. The van der Waals surface area contributed by atoms with E-state index in [4.69, 9.17) is 5.11 Å². The molecule has 0 aliphatic rings. The summed E-state index contributed by atoms with van der Waals surface area (Å²) in [6, 6.07) is 8.29. The van der Waals surface area contributed by atoms with Crippen LogP contribution in [0.25, 0.3) is 0 Å². The molecule has 0 radical (unpaired) electrons. The Morgan fingerprint density at radius 2 is 1.85 bits per heavy atom. The first kappa shape index (κ1) is 16.3. The lowest BCUT2D eigenvalue weighted by Crippen LogP contribution is -2.42. The number of benzene rings is 1. The summed E-state index contributed by atoms with van der Waals surface area (Å²) < 4.78 is 35.8. The third kappa shape index (κ3) is 6.42. The predicted molar refractivity (Wildman–Crippen MR) is 68.3 cm³/mol. The molecule has 0 bridgehead atoms. The lowest BCUT2D eigenvalue weighted by atomic mass is 9.96. The standard InChI is InChI=1S/C13H17F3N2O2/c14-13(15,16)9-18-12(20)17-8-11(6-7-19)10-4-2-1-3-5-10/h1-5,11,19H,6-9H2,(H2,17,18,20). The Morgan fingerprint density at radius 3 is 2.40 bits per heavy atom. The third-order valence-corrected chi connectivity index (χ3v) is 2.71. The van der Waals surface area contributed by atoms with Gasteiger partial charge in [0.1, 0.15) is 6.54 Å². The second-order valence-corrected chi connectivity index (χ2v) is 4.30. The number of urea groups is 1. The lowest BCUT2D eigenvalue weighted by molar-refractivity contribution is -0.122. The van der Waals surface area contributed by atoms with Crippen LogP contribution in [0.3, 0.4) is 0 Å². The zero-order chi connectivity index (χ0) is 15.0. The minimum Gasteiger partial charge on any atom is -0.396 e. The topological polar surface area (TPSA) is 61.4 Å². The molecule has 20 heavy (non-hydrogen) atoms. The zero-order valence-electron chi connectivity index (χ0n) is 10.8. The number of hydrogen-bond acceptors (Lipinski definition) is 2. The van der Waals surface area contributed by atoms with E-state index in [1.165, 1.54) is 0 Å². The Hall–Kier alpha value is -1.76. The molecule has 112 valence electrons. The van der Waals surface area contributed by atoms with Crippen LogP contribution >= 0.6 is 0 Å². The molecular formula is C13H17F3N2O2. The van der Waals surface area contributed by atoms with Crippen LogP contribution in [0.15, 0.2) is 30.3 Å². The Bertz CT molecular complexity index is 410. The molecule has 0 saturated carbocycles. The van der Waals surface area contributed by atoms with Gasteiger partial charge in [0.15, 0.2) is 0 Å². The van der Waals surface area contributed by atoms with E-state index < -0.39 is 18.8 Å². The summed E-state index contributed by atoms with van der Waals surface area (Å²) in [5.41, 5.74) is 0.915. The molecule has 0 spiro atoms. The van der Waals surface area contributed by atoms with Gasteiger partial charge in [0.25, 0.3) is 0 Å². The quantitative estimate of drug-likeness (QED) is 0.750. The second-order valence-electron chi connectivity index (χ2n) is 4.30. The molecule has 1 aromatic carbocycles. The van der Waals surface area contributed by atoms with Crippen molar-refractivity contribution < 1.29 is 23.1 Å².